The molecule has 0 spiro atoms. The van der Waals surface area contributed by atoms with Crippen LogP contribution in [-0.4, -0.2) is 31.7 Å². The molecule has 0 aliphatic carbocycles. The third-order valence-electron chi connectivity index (χ3n) is 3.01. The van der Waals surface area contributed by atoms with E-state index < -0.39 is 15.1 Å². The maximum absolute atomic E-state index is 12.8. The quantitative estimate of drug-likeness (QED) is 0.771. The molecule has 1 atom stereocenters. The first-order valence-electron chi connectivity index (χ1n) is 6.55. The number of hydrogen-bond donors (Lipinski definition) is 1. The van der Waals surface area contributed by atoms with Crippen molar-refractivity contribution in [1.82, 2.24) is 10.3 Å². The Hall–Kier alpha value is -1.44. The minimum absolute atomic E-state index is 0.0123. The fourth-order valence-electron chi connectivity index (χ4n) is 1.92. The minimum Gasteiger partial charge on any atom is -0.354 e. The highest BCUT2D eigenvalue weighted by molar-refractivity contribution is 7.93. The van der Waals surface area contributed by atoms with Gasteiger partial charge in [-0.25, -0.2) is 8.42 Å². The molecule has 0 unspecified atom stereocenters. The third kappa shape index (κ3) is 4.06. The SMILES string of the molecule is O=C(CCCl)NC[C@H](c1cccnc1)S(=O)(=O)c1cccs1. The molecule has 0 saturated heterocycles. The summed E-state index contributed by atoms with van der Waals surface area (Å²) in [6, 6.07) is 6.61. The van der Waals surface area contributed by atoms with Crippen LogP contribution in [0.5, 0.6) is 0 Å². The Labute approximate surface area is 138 Å². The van der Waals surface area contributed by atoms with Gasteiger partial charge < -0.3 is 5.32 Å². The van der Waals surface area contributed by atoms with Crippen molar-refractivity contribution in [3.63, 3.8) is 0 Å². The van der Waals surface area contributed by atoms with Crippen LogP contribution >= 0.6 is 22.9 Å². The number of carbonyl (C=O) groups excluding carboxylic acids is 1. The number of alkyl halides is 1. The monoisotopic (exact) mass is 358 g/mol. The summed E-state index contributed by atoms with van der Waals surface area (Å²) in [6.45, 7) is -0.0123. The molecule has 2 rings (SSSR count). The van der Waals surface area contributed by atoms with Gasteiger partial charge in [0.2, 0.25) is 5.91 Å². The van der Waals surface area contributed by atoms with Crippen LogP contribution in [0.4, 0.5) is 0 Å². The Morgan fingerprint density at radius 2 is 2.18 bits per heavy atom. The van der Waals surface area contributed by atoms with Gasteiger partial charge in [-0.1, -0.05) is 12.1 Å². The van der Waals surface area contributed by atoms with E-state index in [1.807, 2.05) is 0 Å². The molecule has 2 heterocycles. The summed E-state index contributed by atoms with van der Waals surface area (Å²) in [5.41, 5.74) is 0.544. The van der Waals surface area contributed by atoms with Crippen LogP contribution in [0.25, 0.3) is 0 Å². The van der Waals surface area contributed by atoms with Crippen molar-refractivity contribution in [3.05, 3.63) is 47.6 Å². The van der Waals surface area contributed by atoms with Crippen molar-refractivity contribution < 1.29 is 13.2 Å². The third-order valence-corrected chi connectivity index (χ3v) is 6.73. The van der Waals surface area contributed by atoms with E-state index in [9.17, 15) is 13.2 Å². The second-order valence-electron chi connectivity index (χ2n) is 4.50. The molecule has 1 N–H and O–H groups in total. The Kier molecular flexibility index (Phi) is 5.93. The number of nitrogens with zero attached hydrogens (tertiary/aromatic N) is 1. The first-order valence-corrected chi connectivity index (χ1v) is 9.51. The van der Waals surface area contributed by atoms with E-state index in [-0.39, 0.29) is 29.0 Å². The zero-order chi connectivity index (χ0) is 16.0. The molecule has 0 fully saturated rings. The molecule has 0 aliphatic heterocycles. The van der Waals surface area contributed by atoms with E-state index in [2.05, 4.69) is 10.3 Å². The Morgan fingerprint density at radius 1 is 1.36 bits per heavy atom. The number of nitrogens with one attached hydrogen (secondary N) is 1. The van der Waals surface area contributed by atoms with Crippen LogP contribution in [-0.2, 0) is 14.6 Å². The van der Waals surface area contributed by atoms with Crippen LogP contribution < -0.4 is 5.32 Å². The lowest BCUT2D eigenvalue weighted by Gasteiger charge is -2.17. The smallest absolute Gasteiger partial charge is 0.221 e. The number of amides is 1. The maximum Gasteiger partial charge on any atom is 0.221 e. The van der Waals surface area contributed by atoms with Gasteiger partial charge in [-0.15, -0.1) is 22.9 Å². The molecule has 22 heavy (non-hydrogen) atoms. The van der Waals surface area contributed by atoms with E-state index in [0.717, 1.165) is 11.3 Å². The van der Waals surface area contributed by atoms with E-state index in [0.29, 0.717) is 5.56 Å². The fourth-order valence-corrected chi connectivity index (χ4v) is 4.94. The van der Waals surface area contributed by atoms with Crippen molar-refractivity contribution in [2.45, 2.75) is 15.9 Å². The lowest BCUT2D eigenvalue weighted by molar-refractivity contribution is -0.120. The lowest BCUT2D eigenvalue weighted by Crippen LogP contribution is -2.31. The number of hydrogen-bond acceptors (Lipinski definition) is 5. The molecule has 0 aromatic carbocycles. The van der Waals surface area contributed by atoms with Gasteiger partial charge in [0.15, 0.2) is 9.84 Å². The Bertz CT molecular complexity index is 703. The van der Waals surface area contributed by atoms with Crippen LogP contribution in [0.15, 0.2) is 46.2 Å². The normalized spacial score (nSPS) is 12.8. The summed E-state index contributed by atoms with van der Waals surface area (Å²) in [7, 11) is -3.59. The maximum atomic E-state index is 12.8. The minimum atomic E-state index is -3.59. The number of thiophene rings is 1. The van der Waals surface area contributed by atoms with Crippen molar-refractivity contribution in [3.8, 4) is 0 Å². The largest absolute Gasteiger partial charge is 0.354 e. The summed E-state index contributed by atoms with van der Waals surface area (Å²) in [4.78, 5) is 15.6. The van der Waals surface area contributed by atoms with Crippen molar-refractivity contribution >= 4 is 38.7 Å². The number of halogens is 1. The standard InChI is InChI=1S/C14H15ClN2O3S2/c15-6-5-13(18)17-10-12(11-3-1-7-16-9-11)22(19,20)14-4-2-8-21-14/h1-4,7-9,12H,5-6,10H2,(H,17,18)/t12-/m1/s1. The fraction of sp³-hybridized carbons (Fsp3) is 0.286. The van der Waals surface area contributed by atoms with Gasteiger partial charge in [-0.2, -0.15) is 0 Å². The van der Waals surface area contributed by atoms with Gasteiger partial charge in [0.05, 0.1) is 0 Å². The van der Waals surface area contributed by atoms with Gasteiger partial charge in [0.1, 0.15) is 9.46 Å². The predicted octanol–water partition coefficient (Wildman–Crippen LogP) is 2.40. The second-order valence-corrected chi connectivity index (χ2v) is 8.18. The van der Waals surface area contributed by atoms with Crippen LogP contribution in [0.2, 0.25) is 0 Å². The number of aromatic nitrogens is 1. The average Bonchev–Trinajstić information content (AvgIpc) is 3.03. The Morgan fingerprint density at radius 3 is 2.77 bits per heavy atom. The molecule has 0 bridgehead atoms. The molecule has 0 saturated carbocycles. The molecule has 2 aromatic rings. The number of sulfone groups is 1. The molecule has 1 amide bonds. The summed E-state index contributed by atoms with van der Waals surface area (Å²) < 4.78 is 25.8. The zero-order valence-electron chi connectivity index (χ0n) is 11.6. The molecule has 8 heteroatoms. The van der Waals surface area contributed by atoms with E-state index in [1.165, 1.54) is 6.20 Å². The highest BCUT2D eigenvalue weighted by Gasteiger charge is 2.30. The second kappa shape index (κ2) is 7.71. The van der Waals surface area contributed by atoms with E-state index >= 15 is 0 Å². The molecule has 2 aromatic heterocycles. The highest BCUT2D eigenvalue weighted by Crippen LogP contribution is 2.30. The molecule has 0 aliphatic rings. The summed E-state index contributed by atoms with van der Waals surface area (Å²) in [5.74, 6) is -0.0774. The summed E-state index contributed by atoms with van der Waals surface area (Å²) in [5, 5.41) is 3.46. The van der Waals surface area contributed by atoms with Crippen LogP contribution in [0.1, 0.15) is 17.2 Å². The highest BCUT2D eigenvalue weighted by atomic mass is 35.5. The number of rotatable bonds is 7. The first-order chi connectivity index (χ1) is 10.6. The topological polar surface area (TPSA) is 76.1 Å². The zero-order valence-corrected chi connectivity index (χ0v) is 14.0. The van der Waals surface area contributed by atoms with Crippen molar-refractivity contribution in [1.29, 1.82) is 0 Å². The number of pyridine rings is 1. The van der Waals surface area contributed by atoms with E-state index in [4.69, 9.17) is 11.6 Å². The molecular formula is C14H15ClN2O3S2. The molecule has 0 radical (unpaired) electrons. The molecule has 5 nitrogen and oxygen atoms in total. The van der Waals surface area contributed by atoms with Crippen molar-refractivity contribution in [2.24, 2.45) is 0 Å². The Balaban J connectivity index is 2.28. The predicted molar refractivity (Wildman–Crippen MR) is 86.8 cm³/mol. The van der Waals surface area contributed by atoms with Crippen molar-refractivity contribution in [2.75, 3.05) is 12.4 Å². The summed E-state index contributed by atoms with van der Waals surface area (Å²) >= 11 is 6.67. The lowest BCUT2D eigenvalue weighted by atomic mass is 10.2. The van der Waals surface area contributed by atoms with Gasteiger partial charge in [0, 0.05) is 31.2 Å². The van der Waals surface area contributed by atoms with Gasteiger partial charge in [-0.05, 0) is 23.1 Å². The molecule has 118 valence electrons. The van der Waals surface area contributed by atoms with E-state index in [1.54, 1.807) is 35.8 Å². The summed E-state index contributed by atoms with van der Waals surface area (Å²) in [6.07, 6.45) is 3.23. The van der Waals surface area contributed by atoms with Crippen LogP contribution in [0.3, 0.4) is 0 Å². The first kappa shape index (κ1) is 16.9. The van der Waals surface area contributed by atoms with Gasteiger partial charge in [-0.3, -0.25) is 9.78 Å². The van der Waals surface area contributed by atoms with Gasteiger partial charge in [0.25, 0.3) is 0 Å². The van der Waals surface area contributed by atoms with Gasteiger partial charge >= 0.3 is 0 Å². The molecular weight excluding hydrogens is 344 g/mol. The number of carbonyl (C=O) groups is 1. The van der Waals surface area contributed by atoms with Crippen LogP contribution in [0, 0.1) is 0 Å². The average molecular weight is 359 g/mol.